The topological polar surface area (TPSA) is 79.0 Å². The number of aryl methyl sites for hydroxylation is 1. The zero-order chi connectivity index (χ0) is 25.9. The van der Waals surface area contributed by atoms with Crippen molar-refractivity contribution in [3.8, 4) is 0 Å². The van der Waals surface area contributed by atoms with Crippen LogP contribution in [0, 0.1) is 12.3 Å². The van der Waals surface area contributed by atoms with E-state index in [4.69, 9.17) is 4.74 Å². The van der Waals surface area contributed by atoms with Gasteiger partial charge in [0.15, 0.2) is 0 Å². The molecule has 2 aromatic carbocycles. The maximum atomic E-state index is 13.9. The fourth-order valence-corrected chi connectivity index (χ4v) is 5.08. The van der Waals surface area contributed by atoms with Crippen molar-refractivity contribution in [3.05, 3.63) is 71.3 Å². The highest BCUT2D eigenvalue weighted by atomic mass is 16.5. The van der Waals surface area contributed by atoms with Crippen molar-refractivity contribution in [3.63, 3.8) is 0 Å². The second-order valence-electron chi connectivity index (χ2n) is 11.1. The molecule has 1 atom stereocenters. The van der Waals surface area contributed by atoms with Crippen molar-refractivity contribution in [1.29, 1.82) is 0 Å². The Bertz CT molecular complexity index is 1100. The zero-order valence-corrected chi connectivity index (χ0v) is 21.8. The van der Waals surface area contributed by atoms with Crippen LogP contribution in [0.4, 0.5) is 0 Å². The fourth-order valence-electron chi connectivity index (χ4n) is 5.08. The van der Waals surface area contributed by atoms with E-state index in [-0.39, 0.29) is 29.7 Å². The molecule has 0 saturated carbocycles. The van der Waals surface area contributed by atoms with Gasteiger partial charge in [0.1, 0.15) is 11.8 Å². The molecular formula is C29H37N3O4. The predicted molar refractivity (Wildman–Crippen MR) is 138 cm³/mol. The Morgan fingerprint density at radius 2 is 1.64 bits per heavy atom. The molecule has 7 nitrogen and oxygen atoms in total. The van der Waals surface area contributed by atoms with Crippen LogP contribution in [-0.2, 0) is 20.9 Å². The molecule has 3 amide bonds. The van der Waals surface area contributed by atoms with Gasteiger partial charge >= 0.3 is 0 Å². The minimum Gasteiger partial charge on any atom is -0.353 e. The van der Waals surface area contributed by atoms with Crippen LogP contribution in [-0.4, -0.2) is 59.0 Å². The number of carbonyl (C=O) groups excluding carboxylic acids is 3. The SMILES string of the molecule is Cc1ccccc1C(=O)N1C(C(=O)NCc2ccccc2)COC12CCN(C(=O)CC(C)(C)C)CC2. The summed E-state index contributed by atoms with van der Waals surface area (Å²) < 4.78 is 6.30. The summed E-state index contributed by atoms with van der Waals surface area (Å²) in [5.74, 6) is -0.326. The molecule has 4 rings (SSSR count). The third-order valence-electron chi connectivity index (χ3n) is 7.05. The van der Waals surface area contributed by atoms with Crippen LogP contribution in [0.5, 0.6) is 0 Å². The van der Waals surface area contributed by atoms with E-state index >= 15 is 0 Å². The first-order valence-electron chi connectivity index (χ1n) is 12.7. The second kappa shape index (κ2) is 10.4. The van der Waals surface area contributed by atoms with E-state index in [1.807, 2.05) is 60.4 Å². The maximum Gasteiger partial charge on any atom is 0.257 e. The number of piperidine rings is 1. The molecule has 2 aliphatic rings. The van der Waals surface area contributed by atoms with Crippen molar-refractivity contribution >= 4 is 17.7 Å². The van der Waals surface area contributed by atoms with Gasteiger partial charge in [-0.1, -0.05) is 69.3 Å². The first kappa shape index (κ1) is 25.9. The average molecular weight is 492 g/mol. The van der Waals surface area contributed by atoms with Gasteiger partial charge in [-0.25, -0.2) is 0 Å². The van der Waals surface area contributed by atoms with Gasteiger partial charge in [-0.3, -0.25) is 19.3 Å². The number of hydrogen-bond donors (Lipinski definition) is 1. The van der Waals surface area contributed by atoms with E-state index in [0.717, 1.165) is 11.1 Å². The smallest absolute Gasteiger partial charge is 0.257 e. The Kier molecular flexibility index (Phi) is 7.50. The van der Waals surface area contributed by atoms with E-state index in [2.05, 4.69) is 26.1 Å². The Hall–Kier alpha value is -3.19. The number of hydrogen-bond acceptors (Lipinski definition) is 4. The lowest BCUT2D eigenvalue weighted by Crippen LogP contribution is -2.60. The molecule has 2 fully saturated rings. The second-order valence-corrected chi connectivity index (χ2v) is 11.1. The largest absolute Gasteiger partial charge is 0.353 e. The summed E-state index contributed by atoms with van der Waals surface area (Å²) in [5, 5.41) is 2.99. The average Bonchev–Trinajstić information content (AvgIpc) is 3.21. The van der Waals surface area contributed by atoms with Gasteiger partial charge in [-0.15, -0.1) is 0 Å². The van der Waals surface area contributed by atoms with Crippen LogP contribution >= 0.6 is 0 Å². The Balaban J connectivity index is 1.55. The van der Waals surface area contributed by atoms with Crippen molar-refractivity contribution in [2.45, 2.75) is 65.3 Å². The van der Waals surface area contributed by atoms with Crippen molar-refractivity contribution < 1.29 is 19.1 Å². The third kappa shape index (κ3) is 5.62. The molecule has 2 heterocycles. The number of carbonyl (C=O) groups is 3. The van der Waals surface area contributed by atoms with Crippen LogP contribution in [0.25, 0.3) is 0 Å². The van der Waals surface area contributed by atoms with E-state index in [0.29, 0.717) is 44.5 Å². The van der Waals surface area contributed by atoms with Crippen molar-refractivity contribution in [2.24, 2.45) is 5.41 Å². The quantitative estimate of drug-likeness (QED) is 0.688. The number of nitrogens with zero attached hydrogens (tertiary/aromatic N) is 2. The molecule has 192 valence electrons. The molecule has 2 saturated heterocycles. The predicted octanol–water partition coefficient (Wildman–Crippen LogP) is 3.91. The third-order valence-corrected chi connectivity index (χ3v) is 7.05. The van der Waals surface area contributed by atoms with Crippen molar-refractivity contribution in [1.82, 2.24) is 15.1 Å². The summed E-state index contributed by atoms with van der Waals surface area (Å²) >= 11 is 0. The van der Waals surface area contributed by atoms with Gasteiger partial charge in [0.05, 0.1) is 6.61 Å². The van der Waals surface area contributed by atoms with Gasteiger partial charge < -0.3 is 15.0 Å². The van der Waals surface area contributed by atoms with E-state index in [9.17, 15) is 14.4 Å². The molecule has 1 unspecified atom stereocenters. The van der Waals surface area contributed by atoms with Crippen molar-refractivity contribution in [2.75, 3.05) is 19.7 Å². The van der Waals surface area contributed by atoms with E-state index in [1.165, 1.54) is 0 Å². The lowest BCUT2D eigenvalue weighted by atomic mass is 9.90. The van der Waals surface area contributed by atoms with Crippen LogP contribution in [0.2, 0.25) is 0 Å². The Morgan fingerprint density at radius 1 is 1.00 bits per heavy atom. The molecule has 2 aliphatic heterocycles. The molecule has 7 heteroatoms. The molecular weight excluding hydrogens is 454 g/mol. The molecule has 0 aromatic heterocycles. The van der Waals surface area contributed by atoms with Crippen LogP contribution < -0.4 is 5.32 Å². The molecule has 1 spiro atoms. The summed E-state index contributed by atoms with van der Waals surface area (Å²) in [4.78, 5) is 43.6. The van der Waals surface area contributed by atoms with Gasteiger partial charge in [-0.2, -0.15) is 0 Å². The number of likely N-dealkylation sites (tertiary alicyclic amines) is 1. The Morgan fingerprint density at radius 3 is 2.28 bits per heavy atom. The highest BCUT2D eigenvalue weighted by molar-refractivity contribution is 5.99. The fraction of sp³-hybridized carbons (Fsp3) is 0.483. The molecule has 36 heavy (non-hydrogen) atoms. The standard InChI is InChI=1S/C29H37N3O4/c1-21-10-8-9-13-23(21)27(35)32-24(26(34)30-19-22-11-6-5-7-12-22)20-36-29(32)14-16-31(17-15-29)25(33)18-28(2,3)4/h5-13,24H,14-20H2,1-4H3,(H,30,34). The zero-order valence-electron chi connectivity index (χ0n) is 21.8. The Labute approximate surface area is 213 Å². The molecule has 0 bridgehead atoms. The first-order valence-corrected chi connectivity index (χ1v) is 12.7. The highest BCUT2D eigenvalue weighted by Gasteiger charge is 2.54. The lowest BCUT2D eigenvalue weighted by Gasteiger charge is -2.45. The summed E-state index contributed by atoms with van der Waals surface area (Å²) in [6, 6.07) is 16.4. The summed E-state index contributed by atoms with van der Waals surface area (Å²) in [7, 11) is 0. The molecule has 1 N–H and O–H groups in total. The van der Waals surface area contributed by atoms with Gasteiger partial charge in [-0.05, 0) is 29.5 Å². The summed E-state index contributed by atoms with van der Waals surface area (Å²) in [5.41, 5.74) is 1.40. The van der Waals surface area contributed by atoms with Gasteiger partial charge in [0.2, 0.25) is 11.8 Å². The highest BCUT2D eigenvalue weighted by Crippen LogP contribution is 2.39. The number of rotatable bonds is 5. The number of benzene rings is 2. The van der Waals surface area contributed by atoms with Gasteiger partial charge in [0, 0.05) is 44.5 Å². The van der Waals surface area contributed by atoms with Crippen LogP contribution in [0.3, 0.4) is 0 Å². The molecule has 0 aliphatic carbocycles. The summed E-state index contributed by atoms with van der Waals surface area (Å²) in [6.45, 7) is 9.55. The van der Waals surface area contributed by atoms with Crippen LogP contribution in [0.1, 0.15) is 61.5 Å². The number of ether oxygens (including phenoxy) is 1. The monoisotopic (exact) mass is 491 g/mol. The van der Waals surface area contributed by atoms with Gasteiger partial charge in [0.25, 0.3) is 5.91 Å². The molecule has 2 aromatic rings. The first-order chi connectivity index (χ1) is 17.1. The number of nitrogens with one attached hydrogen (secondary N) is 1. The minimum atomic E-state index is -0.910. The minimum absolute atomic E-state index is 0.0924. The summed E-state index contributed by atoms with van der Waals surface area (Å²) in [6.07, 6.45) is 1.42. The normalized spacial score (nSPS) is 19.4. The number of amides is 3. The van der Waals surface area contributed by atoms with E-state index in [1.54, 1.807) is 11.0 Å². The van der Waals surface area contributed by atoms with Crippen LogP contribution in [0.15, 0.2) is 54.6 Å². The van der Waals surface area contributed by atoms with E-state index < -0.39 is 11.8 Å². The molecule has 0 radical (unpaired) electrons. The lowest BCUT2D eigenvalue weighted by molar-refractivity contribution is -0.145. The maximum absolute atomic E-state index is 13.9.